The zero-order valence-corrected chi connectivity index (χ0v) is 24.2. The topological polar surface area (TPSA) is 64.0 Å². The van der Waals surface area contributed by atoms with Crippen LogP contribution in [0, 0.1) is 0 Å². The van der Waals surface area contributed by atoms with Gasteiger partial charge in [-0.1, -0.05) is 31.0 Å². The first-order valence-corrected chi connectivity index (χ1v) is 14.5. The lowest BCUT2D eigenvalue weighted by molar-refractivity contribution is -0.143. The van der Waals surface area contributed by atoms with Gasteiger partial charge in [-0.2, -0.15) is 31.3 Å². The highest BCUT2D eigenvalue weighted by Crippen LogP contribution is 2.40. The average molecular weight is 636 g/mol. The molecule has 44 heavy (non-hydrogen) atoms. The molecular formula is C31H27F6N3O3S. The Bertz CT molecular complexity index is 1570. The second-order valence-electron chi connectivity index (χ2n) is 10.2. The van der Waals surface area contributed by atoms with Gasteiger partial charge in [0.1, 0.15) is 6.61 Å². The SMILES string of the molecule is COc1cc(/C=C2/SC(N3CCCCCC3c3ccccn3)=NC2=O)ccc1OCc1ccc(C(F)(F)F)cc1C(F)(F)F. The number of ether oxygens (including phenoxy) is 2. The van der Waals surface area contributed by atoms with Crippen LogP contribution in [0.4, 0.5) is 26.3 Å². The molecule has 1 fully saturated rings. The number of hydrogen-bond donors (Lipinski definition) is 0. The van der Waals surface area contributed by atoms with E-state index < -0.39 is 41.6 Å². The van der Waals surface area contributed by atoms with Crippen LogP contribution in [-0.4, -0.2) is 34.6 Å². The minimum atomic E-state index is -5.02. The highest BCUT2D eigenvalue weighted by atomic mass is 32.2. The average Bonchev–Trinajstić information content (AvgIpc) is 3.18. The number of carbonyl (C=O) groups is 1. The van der Waals surface area contributed by atoms with E-state index in [1.165, 1.54) is 24.9 Å². The molecule has 1 unspecified atom stereocenters. The molecule has 1 aromatic heterocycles. The molecule has 0 N–H and O–H groups in total. The predicted octanol–water partition coefficient (Wildman–Crippen LogP) is 8.29. The third-order valence-electron chi connectivity index (χ3n) is 7.25. The van der Waals surface area contributed by atoms with E-state index in [0.29, 0.717) is 21.7 Å². The smallest absolute Gasteiger partial charge is 0.416 e. The number of methoxy groups -OCH3 is 1. The van der Waals surface area contributed by atoms with Gasteiger partial charge in [-0.3, -0.25) is 9.78 Å². The minimum absolute atomic E-state index is 0.00356. The van der Waals surface area contributed by atoms with Crippen molar-refractivity contribution < 1.29 is 40.6 Å². The highest BCUT2D eigenvalue weighted by molar-refractivity contribution is 8.18. The summed E-state index contributed by atoms with van der Waals surface area (Å²) in [5.74, 6) is -0.151. The number of amidine groups is 1. The van der Waals surface area contributed by atoms with Crippen molar-refractivity contribution in [2.75, 3.05) is 13.7 Å². The number of aromatic nitrogens is 1. The number of thioether (sulfide) groups is 1. The molecule has 232 valence electrons. The molecule has 0 saturated carbocycles. The Morgan fingerprint density at radius 1 is 0.977 bits per heavy atom. The first-order valence-electron chi connectivity index (χ1n) is 13.7. The summed E-state index contributed by atoms with van der Waals surface area (Å²) in [6.45, 7) is 0.0884. The first kappa shape index (κ1) is 31.4. The molecular weight excluding hydrogens is 608 g/mol. The van der Waals surface area contributed by atoms with Crippen molar-refractivity contribution in [3.8, 4) is 11.5 Å². The Kier molecular flexibility index (Phi) is 9.23. The number of hydrogen-bond acceptors (Lipinski definition) is 6. The van der Waals surface area contributed by atoms with E-state index >= 15 is 0 Å². The van der Waals surface area contributed by atoms with E-state index in [0.717, 1.165) is 44.0 Å². The van der Waals surface area contributed by atoms with Crippen molar-refractivity contribution in [3.05, 3.63) is 93.6 Å². The normalized spacial score (nSPS) is 18.8. The maximum absolute atomic E-state index is 13.5. The van der Waals surface area contributed by atoms with Gasteiger partial charge >= 0.3 is 12.4 Å². The van der Waals surface area contributed by atoms with Crippen LogP contribution in [0.1, 0.15) is 59.7 Å². The second-order valence-corrected chi connectivity index (χ2v) is 11.2. The third kappa shape index (κ3) is 7.20. The first-order chi connectivity index (χ1) is 20.9. The van der Waals surface area contributed by atoms with Gasteiger partial charge in [0.2, 0.25) is 0 Å². The Balaban J connectivity index is 1.33. The molecule has 2 aliphatic rings. The van der Waals surface area contributed by atoms with E-state index in [4.69, 9.17) is 9.47 Å². The number of carbonyl (C=O) groups excluding carboxylic acids is 1. The van der Waals surface area contributed by atoms with Gasteiger partial charge in [-0.15, -0.1) is 0 Å². The van der Waals surface area contributed by atoms with E-state index in [-0.39, 0.29) is 23.6 Å². The van der Waals surface area contributed by atoms with Crippen molar-refractivity contribution >= 4 is 28.9 Å². The van der Waals surface area contributed by atoms with Crippen LogP contribution in [0.15, 0.2) is 70.7 Å². The van der Waals surface area contributed by atoms with Crippen LogP contribution in [0.25, 0.3) is 6.08 Å². The monoisotopic (exact) mass is 635 g/mol. The Morgan fingerprint density at radius 2 is 1.80 bits per heavy atom. The zero-order chi connectivity index (χ0) is 31.5. The number of likely N-dealkylation sites (tertiary alicyclic amines) is 1. The van der Waals surface area contributed by atoms with Gasteiger partial charge < -0.3 is 14.4 Å². The number of nitrogens with zero attached hydrogens (tertiary/aromatic N) is 3. The maximum atomic E-state index is 13.5. The highest BCUT2D eigenvalue weighted by Gasteiger charge is 2.38. The fraction of sp³-hybridized carbons (Fsp3) is 0.323. The van der Waals surface area contributed by atoms with E-state index in [1.807, 2.05) is 18.2 Å². The summed E-state index contributed by atoms with van der Waals surface area (Å²) in [6, 6.07) is 11.8. The lowest BCUT2D eigenvalue weighted by Gasteiger charge is -2.30. The third-order valence-corrected chi connectivity index (χ3v) is 8.27. The molecule has 0 radical (unpaired) electrons. The van der Waals surface area contributed by atoms with Crippen LogP contribution < -0.4 is 9.47 Å². The van der Waals surface area contributed by atoms with Gasteiger partial charge in [0.05, 0.1) is 34.9 Å². The van der Waals surface area contributed by atoms with Crippen molar-refractivity contribution in [2.24, 2.45) is 4.99 Å². The molecule has 6 nitrogen and oxygen atoms in total. The number of benzene rings is 2. The lowest BCUT2D eigenvalue weighted by atomic mass is 10.0. The summed E-state index contributed by atoms with van der Waals surface area (Å²) in [5.41, 5.74) is -1.83. The molecule has 0 aliphatic carbocycles. The van der Waals surface area contributed by atoms with Crippen molar-refractivity contribution in [1.29, 1.82) is 0 Å². The summed E-state index contributed by atoms with van der Waals surface area (Å²) in [5, 5.41) is 0.600. The molecule has 3 aromatic rings. The largest absolute Gasteiger partial charge is 0.493 e. The van der Waals surface area contributed by atoms with Crippen molar-refractivity contribution in [1.82, 2.24) is 9.88 Å². The summed E-state index contributed by atoms with van der Waals surface area (Å²) in [4.78, 5) is 24.3. The van der Waals surface area contributed by atoms with Crippen LogP contribution in [-0.2, 0) is 23.8 Å². The van der Waals surface area contributed by atoms with E-state index in [1.54, 1.807) is 24.4 Å². The van der Waals surface area contributed by atoms with E-state index in [2.05, 4.69) is 14.9 Å². The van der Waals surface area contributed by atoms with Crippen LogP contribution in [0.2, 0.25) is 0 Å². The van der Waals surface area contributed by atoms with E-state index in [9.17, 15) is 31.1 Å². The molecule has 5 rings (SSSR count). The number of alkyl halides is 6. The predicted molar refractivity (Wildman–Crippen MR) is 154 cm³/mol. The van der Waals surface area contributed by atoms with Crippen molar-refractivity contribution in [2.45, 2.75) is 50.7 Å². The molecule has 0 spiro atoms. The Labute approximate surface area is 253 Å². The Morgan fingerprint density at radius 3 is 2.50 bits per heavy atom. The fourth-order valence-electron chi connectivity index (χ4n) is 5.08. The van der Waals surface area contributed by atoms with Gasteiger partial charge in [0.25, 0.3) is 5.91 Å². The van der Waals surface area contributed by atoms with Crippen molar-refractivity contribution in [3.63, 3.8) is 0 Å². The number of amides is 1. The minimum Gasteiger partial charge on any atom is -0.493 e. The molecule has 13 heteroatoms. The standard InChI is InChI=1S/C31H27F6N3O3S/c1-42-26-15-19(9-12-25(26)43-18-20-10-11-21(30(32,33)34)17-22(20)31(35,36)37)16-27-28(41)39-29(44-27)40-14-6-2-3-8-24(40)23-7-4-5-13-38-23/h4-5,7,9-13,15-17,24H,2-3,6,8,14,18H2,1H3/b27-16+. The van der Waals surface area contributed by atoms with Gasteiger partial charge in [0, 0.05) is 18.3 Å². The number of aliphatic imine (C=N–C) groups is 1. The second kappa shape index (κ2) is 12.9. The van der Waals surface area contributed by atoms with Gasteiger partial charge in [0.15, 0.2) is 16.7 Å². The summed E-state index contributed by atoms with van der Waals surface area (Å²) >= 11 is 1.26. The molecule has 1 saturated heterocycles. The van der Waals surface area contributed by atoms with Crippen LogP contribution in [0.5, 0.6) is 11.5 Å². The molecule has 1 atom stereocenters. The number of pyridine rings is 1. The zero-order valence-electron chi connectivity index (χ0n) is 23.4. The molecule has 3 heterocycles. The Hall–Kier alpha value is -4.00. The number of halogens is 6. The lowest BCUT2D eigenvalue weighted by Crippen LogP contribution is -2.32. The molecule has 2 aliphatic heterocycles. The summed E-state index contributed by atoms with van der Waals surface area (Å²) < 4.78 is 90.6. The van der Waals surface area contributed by atoms with Crippen LogP contribution in [0.3, 0.4) is 0 Å². The number of rotatable bonds is 6. The molecule has 2 aromatic carbocycles. The molecule has 1 amide bonds. The fourth-order valence-corrected chi connectivity index (χ4v) is 6.07. The summed E-state index contributed by atoms with van der Waals surface area (Å²) in [7, 11) is 1.34. The maximum Gasteiger partial charge on any atom is 0.416 e. The van der Waals surface area contributed by atoms with Crippen LogP contribution >= 0.6 is 11.8 Å². The van der Waals surface area contributed by atoms with Gasteiger partial charge in [-0.25, -0.2) is 0 Å². The summed E-state index contributed by atoms with van der Waals surface area (Å²) in [6.07, 6.45) is -2.59. The molecule has 0 bridgehead atoms. The quantitative estimate of drug-likeness (QED) is 0.201. The van der Waals surface area contributed by atoms with Gasteiger partial charge in [-0.05, 0) is 72.6 Å².